The van der Waals surface area contributed by atoms with Crippen LogP contribution in [0.3, 0.4) is 0 Å². The van der Waals surface area contributed by atoms with Crippen LogP contribution in [-0.2, 0) is 11.3 Å². The van der Waals surface area contributed by atoms with Crippen molar-refractivity contribution >= 4 is 31.0 Å². The van der Waals surface area contributed by atoms with Gasteiger partial charge in [-0.3, -0.25) is 0 Å². The van der Waals surface area contributed by atoms with Gasteiger partial charge in [0.2, 0.25) is 0 Å². The summed E-state index contributed by atoms with van der Waals surface area (Å²) in [4.78, 5) is 0. The summed E-state index contributed by atoms with van der Waals surface area (Å²) in [6.07, 6.45) is 0. The Bertz CT molecular complexity index is 54.7. The zero-order chi connectivity index (χ0) is 5.41. The van der Waals surface area contributed by atoms with E-state index in [1.807, 2.05) is 0 Å². The predicted octanol–water partition coefficient (Wildman–Crippen LogP) is -5.57. The van der Waals surface area contributed by atoms with E-state index in [1.165, 1.54) is 0 Å². The van der Waals surface area contributed by atoms with Crippen LogP contribution in [0.4, 0.5) is 0 Å². The molecule has 7 heteroatoms. The summed E-state index contributed by atoms with van der Waals surface area (Å²) in [5, 5.41) is 0. The van der Waals surface area contributed by atoms with Crippen LogP contribution in [0, 0.1) is 0 Å². The first kappa shape index (κ1) is 15.7. The van der Waals surface area contributed by atoms with Crippen LogP contribution in [0.5, 0.6) is 0 Å². The molecule has 0 rings (SSSR count). The molecule has 4 nitrogen and oxygen atoms in total. The molecule has 0 heterocycles. The first-order chi connectivity index (χ1) is 2.83. The Morgan fingerprint density at radius 1 is 1.43 bits per heavy atom. The Labute approximate surface area is 75.3 Å². The second-order valence-corrected chi connectivity index (χ2v) is 0.933. The molecule has 0 unspecified atom stereocenters. The van der Waals surface area contributed by atoms with Crippen LogP contribution in [0.25, 0.3) is 0 Å². The van der Waals surface area contributed by atoms with Crippen LogP contribution >= 0.6 is 0 Å². The average Bonchev–Trinajstić information content (AvgIpc) is 1.39. The molecule has 0 saturated heterocycles. The molecule has 0 fully saturated rings. The molecule has 0 aliphatic rings. The van der Waals surface area contributed by atoms with E-state index in [-0.39, 0.29) is 29.6 Å². The Morgan fingerprint density at radius 2 is 1.43 bits per heavy atom. The molecule has 7 heavy (non-hydrogen) atoms. The normalized spacial score (nSPS) is 2.86. The predicted molar refractivity (Wildman–Crippen MR) is 15.0 cm³/mol. The third kappa shape index (κ3) is 123. The van der Waals surface area contributed by atoms with E-state index in [0.29, 0.717) is 0 Å². The van der Waals surface area contributed by atoms with Gasteiger partial charge in [0.25, 0.3) is 0 Å². The summed E-state index contributed by atoms with van der Waals surface area (Å²) in [6.45, 7) is 0. The van der Waals surface area contributed by atoms with E-state index in [2.05, 4.69) is 0 Å². The minimum atomic E-state index is -2.19. The summed E-state index contributed by atoms with van der Waals surface area (Å²) in [5.74, 6) is 0. The molecule has 0 N–H and O–H groups in total. The van der Waals surface area contributed by atoms with Crippen LogP contribution in [0.15, 0.2) is 0 Å². The van der Waals surface area contributed by atoms with Crippen molar-refractivity contribution in [1.29, 1.82) is 0 Å². The SMILES string of the molecule is [Na+].[O]=[GeH][O-].[O]=[Ge]=[O]. The Balaban J connectivity index is -0.0000000400. The average molecular weight is 233 g/mol. The van der Waals surface area contributed by atoms with Gasteiger partial charge >= 0.3 is 76.0 Å². The number of hydrogen-bond acceptors (Lipinski definition) is 4. The van der Waals surface area contributed by atoms with Crippen LogP contribution < -0.4 is 33.7 Å². The molecule has 0 saturated carbocycles. The van der Waals surface area contributed by atoms with Crippen molar-refractivity contribution in [2.75, 3.05) is 0 Å². The van der Waals surface area contributed by atoms with E-state index >= 15 is 0 Å². The summed E-state index contributed by atoms with van der Waals surface area (Å²) in [5.41, 5.74) is 0. The number of hydrogen-bond donors (Lipinski definition) is 0. The summed E-state index contributed by atoms with van der Waals surface area (Å²) in [7, 11) is 0. The Hall–Kier alpha value is 1.29. The molecule has 0 bridgehead atoms. The zero-order valence-electron chi connectivity index (χ0n) is 3.71. The number of rotatable bonds is 0. The minimum absolute atomic E-state index is 0. The van der Waals surface area contributed by atoms with Gasteiger partial charge in [0.15, 0.2) is 0 Å². The monoisotopic (exact) mass is 236 g/mol. The van der Waals surface area contributed by atoms with Crippen molar-refractivity contribution in [3.63, 3.8) is 0 Å². The third-order valence-electron chi connectivity index (χ3n) is 0. The van der Waals surface area contributed by atoms with E-state index in [4.69, 9.17) is 15.5 Å². The third-order valence-corrected chi connectivity index (χ3v) is 0. The summed E-state index contributed by atoms with van der Waals surface area (Å²) >= 11 is -4.19. The molecule has 0 aliphatic heterocycles. The Kier molecular flexibility index (Phi) is 60.0. The van der Waals surface area contributed by atoms with Gasteiger partial charge in [-0.1, -0.05) is 0 Å². The van der Waals surface area contributed by atoms with Gasteiger partial charge in [-0.05, 0) is 0 Å². The fourth-order valence-electron chi connectivity index (χ4n) is 0. The topological polar surface area (TPSA) is 74.3 Å². The van der Waals surface area contributed by atoms with Crippen LogP contribution in [-0.4, -0.2) is 31.0 Å². The second-order valence-electron chi connectivity index (χ2n) is 0.180. The van der Waals surface area contributed by atoms with Crippen molar-refractivity contribution < 1.29 is 45.0 Å². The summed E-state index contributed by atoms with van der Waals surface area (Å²) in [6, 6.07) is 0. The van der Waals surface area contributed by atoms with E-state index < -0.39 is 31.0 Å². The van der Waals surface area contributed by atoms with E-state index in [0.717, 1.165) is 0 Å². The van der Waals surface area contributed by atoms with Gasteiger partial charge in [-0.25, -0.2) is 0 Å². The van der Waals surface area contributed by atoms with Gasteiger partial charge in [0.1, 0.15) is 0 Å². The Morgan fingerprint density at radius 3 is 1.43 bits per heavy atom. The fraction of sp³-hybridized carbons (Fsp3) is 0. The molecule has 0 amide bonds. The van der Waals surface area contributed by atoms with Crippen LogP contribution in [0.2, 0.25) is 0 Å². The van der Waals surface area contributed by atoms with Gasteiger partial charge in [0.05, 0.1) is 0 Å². The molecule has 0 radical (unpaired) electrons. The van der Waals surface area contributed by atoms with Gasteiger partial charge in [-0.2, -0.15) is 0 Å². The van der Waals surface area contributed by atoms with Crippen molar-refractivity contribution in [2.24, 2.45) is 0 Å². The standard InChI is InChI=1S/GeHO2.GeO2.Na/c2*2-1-3;/h1H;;/q-1;;+1. The van der Waals surface area contributed by atoms with E-state index in [1.54, 1.807) is 0 Å². The second kappa shape index (κ2) is 26.7. The summed E-state index contributed by atoms with van der Waals surface area (Å²) < 4.78 is 34.1. The maximum absolute atomic E-state index is 8.53. The van der Waals surface area contributed by atoms with Gasteiger partial charge < -0.3 is 0 Å². The molecule has 34 valence electrons. The molecule has 0 spiro atoms. The zero-order valence-corrected chi connectivity index (χ0v) is 10.2. The molecule has 0 aromatic rings. The maximum atomic E-state index is 8.53. The van der Waals surface area contributed by atoms with Gasteiger partial charge in [0, 0.05) is 0 Å². The fourth-order valence-corrected chi connectivity index (χ4v) is 0. The molecule has 0 aliphatic carbocycles. The van der Waals surface area contributed by atoms with Crippen LogP contribution in [0.1, 0.15) is 0 Å². The molecule has 0 atom stereocenters. The first-order valence-electron chi connectivity index (χ1n) is 0.880. The van der Waals surface area contributed by atoms with Crippen molar-refractivity contribution in [1.82, 2.24) is 0 Å². The first-order valence-corrected chi connectivity index (χ1v) is 4.57. The van der Waals surface area contributed by atoms with Crippen molar-refractivity contribution in [3.8, 4) is 0 Å². The molecule has 0 aromatic carbocycles. The molecule has 0 aromatic heterocycles. The van der Waals surface area contributed by atoms with E-state index in [9.17, 15) is 0 Å². The van der Waals surface area contributed by atoms with Crippen molar-refractivity contribution in [3.05, 3.63) is 0 Å². The van der Waals surface area contributed by atoms with Gasteiger partial charge in [-0.15, -0.1) is 0 Å². The molecular weight excluding hydrogens is 232 g/mol. The quantitative estimate of drug-likeness (QED) is 0.391. The van der Waals surface area contributed by atoms with Crippen molar-refractivity contribution in [2.45, 2.75) is 0 Å². The molecular formula is HGe2NaO4.